The fourth-order valence-corrected chi connectivity index (χ4v) is 2.72. The number of aryl methyl sites for hydroxylation is 2. The summed E-state index contributed by atoms with van der Waals surface area (Å²) in [4.78, 5) is 11.3. The van der Waals surface area contributed by atoms with Gasteiger partial charge in [0.1, 0.15) is 0 Å². The Balaban J connectivity index is 1.85. The Morgan fingerprint density at radius 2 is 2.36 bits per heavy atom. The molecule has 1 N–H and O–H groups in total. The van der Waals surface area contributed by atoms with Crippen LogP contribution in [0.5, 0.6) is 0 Å². The summed E-state index contributed by atoms with van der Waals surface area (Å²) in [6, 6.07) is 1.94. The summed E-state index contributed by atoms with van der Waals surface area (Å²) in [5.74, 6) is 0.925. The molecule has 2 rings (SSSR count). The van der Waals surface area contributed by atoms with Gasteiger partial charge in [0.25, 0.3) is 0 Å². The number of nitrogens with one attached hydrogen (secondary N) is 1. The summed E-state index contributed by atoms with van der Waals surface area (Å²) in [6.07, 6.45) is 4.75. The van der Waals surface area contributed by atoms with Gasteiger partial charge in [-0.25, -0.2) is 4.98 Å². The van der Waals surface area contributed by atoms with E-state index in [1.807, 2.05) is 30.9 Å². The van der Waals surface area contributed by atoms with Gasteiger partial charge >= 0.3 is 0 Å². The number of guanidine groups is 1. The van der Waals surface area contributed by atoms with Gasteiger partial charge in [0.2, 0.25) is 0 Å². The van der Waals surface area contributed by atoms with Crippen molar-refractivity contribution in [1.82, 2.24) is 25.0 Å². The fourth-order valence-electron chi connectivity index (χ4n) is 2.12. The maximum atomic E-state index is 4.68. The molecule has 2 aromatic rings. The monoisotopic (exact) mass is 320 g/mol. The first-order valence-corrected chi connectivity index (χ1v) is 8.45. The number of thiazole rings is 1. The number of nitrogens with zero attached hydrogens (tertiary/aromatic N) is 5. The van der Waals surface area contributed by atoms with E-state index in [0.29, 0.717) is 0 Å². The van der Waals surface area contributed by atoms with Gasteiger partial charge in [-0.15, -0.1) is 11.3 Å². The van der Waals surface area contributed by atoms with E-state index in [1.165, 1.54) is 0 Å². The van der Waals surface area contributed by atoms with E-state index in [2.05, 4.69) is 37.6 Å². The zero-order chi connectivity index (χ0) is 15.8. The summed E-state index contributed by atoms with van der Waals surface area (Å²) >= 11 is 1.68. The van der Waals surface area contributed by atoms with Crippen LogP contribution in [0.4, 0.5) is 0 Å². The van der Waals surface area contributed by atoms with Gasteiger partial charge in [-0.1, -0.05) is 0 Å². The predicted octanol–water partition coefficient (Wildman–Crippen LogP) is 2.14. The van der Waals surface area contributed by atoms with Crippen molar-refractivity contribution in [3.8, 4) is 0 Å². The normalized spacial score (nSPS) is 11.7. The third-order valence-corrected chi connectivity index (χ3v) is 3.95. The van der Waals surface area contributed by atoms with Crippen molar-refractivity contribution in [1.29, 1.82) is 0 Å². The van der Waals surface area contributed by atoms with Crippen molar-refractivity contribution >= 4 is 17.3 Å². The second-order valence-electron chi connectivity index (χ2n) is 5.07. The van der Waals surface area contributed by atoms with Crippen LogP contribution in [0.15, 0.2) is 28.8 Å². The molecule has 0 aliphatic rings. The molecule has 0 aliphatic heterocycles. The third kappa shape index (κ3) is 5.14. The minimum absolute atomic E-state index is 0.773. The minimum Gasteiger partial charge on any atom is -0.357 e. The van der Waals surface area contributed by atoms with E-state index in [9.17, 15) is 0 Å². The highest BCUT2D eigenvalue weighted by molar-refractivity contribution is 7.09. The summed E-state index contributed by atoms with van der Waals surface area (Å²) in [6.45, 7) is 7.42. The Kier molecular flexibility index (Phi) is 6.39. The van der Waals surface area contributed by atoms with Gasteiger partial charge in [-0.2, -0.15) is 5.10 Å². The Hall–Kier alpha value is -1.89. The van der Waals surface area contributed by atoms with Gasteiger partial charge < -0.3 is 10.2 Å². The van der Waals surface area contributed by atoms with Gasteiger partial charge in [0.15, 0.2) is 5.96 Å². The number of hydrogen-bond acceptors (Lipinski definition) is 4. The quantitative estimate of drug-likeness (QED) is 0.482. The first-order valence-electron chi connectivity index (χ1n) is 7.57. The van der Waals surface area contributed by atoms with Crippen molar-refractivity contribution in [2.45, 2.75) is 33.4 Å². The molecule has 120 valence electrons. The van der Waals surface area contributed by atoms with Crippen LogP contribution in [0.25, 0.3) is 0 Å². The molecule has 0 atom stereocenters. The molecule has 0 unspecified atom stereocenters. The van der Waals surface area contributed by atoms with Crippen LogP contribution in [0, 0.1) is 6.92 Å². The van der Waals surface area contributed by atoms with Crippen molar-refractivity contribution in [2.24, 2.45) is 4.99 Å². The molecule has 0 saturated carbocycles. The largest absolute Gasteiger partial charge is 0.357 e. The highest BCUT2D eigenvalue weighted by atomic mass is 32.1. The Morgan fingerprint density at radius 1 is 1.50 bits per heavy atom. The Morgan fingerprint density at radius 3 is 3.00 bits per heavy atom. The van der Waals surface area contributed by atoms with E-state index in [4.69, 9.17) is 0 Å². The van der Waals surface area contributed by atoms with Crippen molar-refractivity contribution < 1.29 is 0 Å². The van der Waals surface area contributed by atoms with E-state index in [1.54, 1.807) is 17.5 Å². The molecule has 0 amide bonds. The Labute approximate surface area is 135 Å². The number of aliphatic imine (C=N–C) groups is 1. The molecule has 2 aromatic heterocycles. The van der Waals surface area contributed by atoms with Crippen LogP contribution < -0.4 is 5.32 Å². The Bertz CT molecular complexity index is 575. The van der Waals surface area contributed by atoms with Gasteiger partial charge in [0.05, 0.1) is 17.2 Å². The topological polar surface area (TPSA) is 58.3 Å². The first-order chi connectivity index (χ1) is 10.7. The minimum atomic E-state index is 0.773. The standard InChI is InChI=1S/C15H24N6S/c1-4-16-15(17-7-5-9-21-10-6-8-18-21)20(3)11-14-12-22-13(2)19-14/h6,8,10,12H,4-5,7,9,11H2,1-3H3,(H,16,17). The summed E-state index contributed by atoms with van der Waals surface area (Å²) in [5, 5.41) is 10.7. The van der Waals surface area contributed by atoms with Gasteiger partial charge in [0, 0.05) is 44.5 Å². The van der Waals surface area contributed by atoms with Crippen molar-refractivity contribution in [2.75, 3.05) is 20.1 Å². The highest BCUT2D eigenvalue weighted by Gasteiger charge is 2.08. The van der Waals surface area contributed by atoms with E-state index in [-0.39, 0.29) is 0 Å². The van der Waals surface area contributed by atoms with Crippen LogP contribution in [0.1, 0.15) is 24.0 Å². The van der Waals surface area contributed by atoms with Crippen LogP contribution in [-0.4, -0.2) is 45.8 Å². The number of aromatic nitrogens is 3. The van der Waals surface area contributed by atoms with E-state index < -0.39 is 0 Å². The van der Waals surface area contributed by atoms with Crippen LogP contribution in [0.2, 0.25) is 0 Å². The molecular weight excluding hydrogens is 296 g/mol. The summed E-state index contributed by atoms with van der Waals surface area (Å²) < 4.78 is 1.93. The van der Waals surface area contributed by atoms with Gasteiger partial charge in [-0.05, 0) is 26.3 Å². The number of rotatable bonds is 7. The molecule has 0 aromatic carbocycles. The fraction of sp³-hybridized carbons (Fsp3) is 0.533. The maximum Gasteiger partial charge on any atom is 0.194 e. The molecule has 0 fully saturated rings. The third-order valence-electron chi connectivity index (χ3n) is 3.13. The van der Waals surface area contributed by atoms with Crippen molar-refractivity contribution in [3.63, 3.8) is 0 Å². The summed E-state index contributed by atoms with van der Waals surface area (Å²) in [7, 11) is 2.05. The molecule has 6 nitrogen and oxygen atoms in total. The lowest BCUT2D eigenvalue weighted by Crippen LogP contribution is -2.38. The van der Waals surface area contributed by atoms with E-state index >= 15 is 0 Å². The first kappa shape index (κ1) is 16.5. The second-order valence-corrected chi connectivity index (χ2v) is 6.13. The molecule has 0 spiro atoms. The zero-order valence-electron chi connectivity index (χ0n) is 13.5. The summed E-state index contributed by atoms with van der Waals surface area (Å²) in [5.41, 5.74) is 1.09. The molecule has 0 saturated heterocycles. The average Bonchev–Trinajstić information content (AvgIpc) is 3.14. The molecular formula is C15H24N6S. The molecule has 0 radical (unpaired) electrons. The molecule has 2 heterocycles. The average molecular weight is 320 g/mol. The van der Waals surface area contributed by atoms with Crippen LogP contribution >= 0.6 is 11.3 Å². The van der Waals surface area contributed by atoms with Crippen LogP contribution in [0.3, 0.4) is 0 Å². The molecule has 7 heteroatoms. The van der Waals surface area contributed by atoms with Crippen molar-refractivity contribution in [3.05, 3.63) is 34.5 Å². The van der Waals surface area contributed by atoms with E-state index in [0.717, 1.165) is 49.3 Å². The van der Waals surface area contributed by atoms with Gasteiger partial charge in [-0.3, -0.25) is 9.67 Å². The second kappa shape index (κ2) is 8.53. The smallest absolute Gasteiger partial charge is 0.194 e. The SMILES string of the molecule is CCNC(=NCCCn1cccn1)N(C)Cc1csc(C)n1. The lowest BCUT2D eigenvalue weighted by atomic mass is 10.4. The predicted molar refractivity (Wildman–Crippen MR) is 91.1 cm³/mol. The molecule has 0 bridgehead atoms. The lowest BCUT2D eigenvalue weighted by molar-refractivity contribution is 0.469. The zero-order valence-corrected chi connectivity index (χ0v) is 14.3. The van der Waals surface area contributed by atoms with Crippen LogP contribution in [-0.2, 0) is 13.1 Å². The maximum absolute atomic E-state index is 4.68. The molecule has 22 heavy (non-hydrogen) atoms. The highest BCUT2D eigenvalue weighted by Crippen LogP contribution is 2.09. The lowest BCUT2D eigenvalue weighted by Gasteiger charge is -2.21. The molecule has 0 aliphatic carbocycles. The number of hydrogen-bond donors (Lipinski definition) is 1.